The number of hydrogen-bond donors (Lipinski definition) is 1. The number of amides is 4. The molecule has 4 aliphatic rings. The molecule has 2 saturated heterocycles. The van der Waals surface area contributed by atoms with Crippen molar-refractivity contribution in [3.63, 3.8) is 0 Å². The highest BCUT2D eigenvalue weighted by molar-refractivity contribution is 6.58. The fourth-order valence-corrected chi connectivity index (χ4v) is 8.66. The molecule has 7 nitrogen and oxygen atoms in total. The third kappa shape index (κ3) is 4.16. The van der Waals surface area contributed by atoms with E-state index in [2.05, 4.69) is 6.58 Å². The van der Waals surface area contributed by atoms with Gasteiger partial charge in [0.15, 0.2) is 33.0 Å². The Morgan fingerprint density at radius 3 is 2.11 bits per heavy atom. The first-order chi connectivity index (χ1) is 21.9. The van der Waals surface area contributed by atoms with Gasteiger partial charge in [-0.15, -0.1) is 29.8 Å². The quantitative estimate of drug-likeness (QED) is 0.103. The fourth-order valence-electron chi connectivity index (χ4n) is 7.74. The normalized spacial score (nSPS) is 30.4. The van der Waals surface area contributed by atoms with E-state index in [-0.39, 0.29) is 34.6 Å². The van der Waals surface area contributed by atoms with Gasteiger partial charge in [0.25, 0.3) is 11.8 Å². The monoisotopic (exact) mass is 696 g/mol. The van der Waals surface area contributed by atoms with E-state index >= 15 is 8.78 Å². The summed E-state index contributed by atoms with van der Waals surface area (Å²) in [5.41, 5.74) is -2.29. The zero-order valence-corrected chi connectivity index (χ0v) is 26.7. The lowest BCUT2D eigenvalue weighted by Gasteiger charge is -2.50. The first kappa shape index (κ1) is 33.1. The second-order valence-corrected chi connectivity index (χ2v) is 14.5. The molecule has 2 aliphatic carbocycles. The SMILES string of the molecule is C=CCc1cccc(C2C3=CCC4C(=O)N(C(C)(C)C)C(=O)C4C3CC3(Cl)C(=O)N(c4c(F)c(F)c(F)c(F)c4F)C(=O)C23Cl)c1O. The smallest absolute Gasteiger partial charge is 0.258 e. The summed E-state index contributed by atoms with van der Waals surface area (Å²) in [6.07, 6.45) is 2.57. The third-order valence-electron chi connectivity index (χ3n) is 9.72. The van der Waals surface area contributed by atoms with E-state index in [1.807, 2.05) is 0 Å². The average Bonchev–Trinajstić information content (AvgIpc) is 3.35. The number of allylic oxidation sites excluding steroid dienone is 3. The van der Waals surface area contributed by atoms with E-state index in [9.17, 15) is 37.5 Å². The van der Waals surface area contributed by atoms with E-state index in [0.29, 0.717) is 5.56 Å². The van der Waals surface area contributed by atoms with Crippen LogP contribution in [0.5, 0.6) is 5.75 Å². The third-order valence-corrected chi connectivity index (χ3v) is 11.1. The van der Waals surface area contributed by atoms with E-state index in [0.717, 1.165) is 4.90 Å². The predicted octanol–water partition coefficient (Wildman–Crippen LogP) is 6.18. The highest BCUT2D eigenvalue weighted by Gasteiger charge is 2.77. The van der Waals surface area contributed by atoms with Gasteiger partial charge in [0, 0.05) is 17.0 Å². The van der Waals surface area contributed by atoms with Crippen molar-refractivity contribution in [1.82, 2.24) is 4.90 Å². The highest BCUT2D eigenvalue weighted by atomic mass is 35.5. The number of imide groups is 2. The Hall–Kier alpha value is -3.77. The molecule has 1 saturated carbocycles. The van der Waals surface area contributed by atoms with Crippen LogP contribution in [0.15, 0.2) is 42.5 Å². The van der Waals surface area contributed by atoms with Crippen LogP contribution >= 0.6 is 23.2 Å². The van der Waals surface area contributed by atoms with Crippen LogP contribution in [0.3, 0.4) is 0 Å². The van der Waals surface area contributed by atoms with Crippen molar-refractivity contribution in [2.24, 2.45) is 17.8 Å². The number of phenolic OH excluding ortho intramolecular Hbond substituents is 1. The molecule has 0 spiro atoms. The Balaban J connectivity index is 1.63. The van der Waals surface area contributed by atoms with Gasteiger partial charge in [-0.05, 0) is 51.5 Å². The van der Waals surface area contributed by atoms with Crippen LogP contribution in [0.2, 0.25) is 0 Å². The number of benzene rings is 2. The predicted molar refractivity (Wildman–Crippen MR) is 160 cm³/mol. The molecule has 0 bridgehead atoms. The molecule has 0 radical (unpaired) electrons. The average molecular weight is 697 g/mol. The lowest BCUT2D eigenvalue weighted by Crippen LogP contribution is -2.60. The fraction of sp³-hybridized carbons (Fsp3) is 0.394. The van der Waals surface area contributed by atoms with Crippen LogP contribution in [0.25, 0.3) is 0 Å². The zero-order valence-electron chi connectivity index (χ0n) is 25.1. The summed E-state index contributed by atoms with van der Waals surface area (Å²) in [4.78, 5) is 51.6. The van der Waals surface area contributed by atoms with Gasteiger partial charge in [-0.25, -0.2) is 26.9 Å². The van der Waals surface area contributed by atoms with Crippen molar-refractivity contribution < 1.29 is 46.2 Å². The summed E-state index contributed by atoms with van der Waals surface area (Å²) in [7, 11) is 0. The Labute approximate surface area is 275 Å². The molecule has 6 unspecified atom stereocenters. The van der Waals surface area contributed by atoms with Gasteiger partial charge < -0.3 is 5.11 Å². The maximum absolute atomic E-state index is 15.2. The number of phenols is 1. The molecule has 4 amide bonds. The molecule has 2 aliphatic heterocycles. The highest BCUT2D eigenvalue weighted by Crippen LogP contribution is 2.67. The number of halogens is 7. The van der Waals surface area contributed by atoms with Gasteiger partial charge >= 0.3 is 0 Å². The number of nitrogens with zero attached hydrogens (tertiary/aromatic N) is 2. The number of para-hydroxylation sites is 1. The molecular weight excluding hydrogens is 670 g/mol. The van der Waals surface area contributed by atoms with Crippen molar-refractivity contribution in [3.05, 3.63) is 82.7 Å². The Morgan fingerprint density at radius 2 is 1.53 bits per heavy atom. The van der Waals surface area contributed by atoms with Crippen molar-refractivity contribution >= 4 is 52.5 Å². The molecule has 2 heterocycles. The number of carbonyl (C=O) groups excluding carboxylic acids is 4. The standard InChI is InChI=1S/C33H27Cl2F5N2O5/c1-5-7-13-8-6-9-16(26(13)43)19-14-10-11-15-18(28(45)42(27(15)44)31(2,3)4)17(14)12-32(34)29(46)41(30(47)33(19,32)35)25-23(39)21(37)20(36)22(38)24(25)40/h5-6,8-10,15,17-19,43H,1,7,11-12H2,2-4H3. The second kappa shape index (κ2) is 10.6. The second-order valence-electron chi connectivity index (χ2n) is 13.2. The molecule has 2 aromatic rings. The van der Waals surface area contributed by atoms with Crippen molar-refractivity contribution in [3.8, 4) is 5.75 Å². The van der Waals surface area contributed by atoms with Gasteiger partial charge in [-0.1, -0.05) is 35.9 Å². The molecule has 3 fully saturated rings. The molecule has 2 aromatic carbocycles. The van der Waals surface area contributed by atoms with E-state index in [1.54, 1.807) is 32.9 Å². The summed E-state index contributed by atoms with van der Waals surface area (Å²) in [5, 5.41) is 11.5. The van der Waals surface area contributed by atoms with E-state index < -0.39 is 104 Å². The van der Waals surface area contributed by atoms with Crippen LogP contribution in [-0.2, 0) is 25.6 Å². The summed E-state index contributed by atoms with van der Waals surface area (Å²) >= 11 is 14.2. The number of fused-ring (bicyclic) bond motifs is 4. The van der Waals surface area contributed by atoms with Crippen LogP contribution < -0.4 is 4.90 Å². The number of carbonyl (C=O) groups is 4. The number of anilines is 1. The molecule has 6 rings (SSSR count). The number of hydrogen-bond acceptors (Lipinski definition) is 5. The lowest BCUT2D eigenvalue weighted by molar-refractivity contribution is -0.145. The van der Waals surface area contributed by atoms with Gasteiger partial charge in [-0.2, -0.15) is 0 Å². The topological polar surface area (TPSA) is 95.0 Å². The van der Waals surface area contributed by atoms with Crippen molar-refractivity contribution in [1.29, 1.82) is 0 Å². The maximum atomic E-state index is 15.2. The number of rotatable bonds is 4. The van der Waals surface area contributed by atoms with Crippen LogP contribution in [0.4, 0.5) is 27.6 Å². The Bertz CT molecular complexity index is 1830. The first-order valence-corrected chi connectivity index (χ1v) is 15.4. The minimum Gasteiger partial charge on any atom is -0.507 e. The molecule has 6 atom stereocenters. The van der Waals surface area contributed by atoms with Gasteiger partial charge in [0.1, 0.15) is 11.4 Å². The summed E-state index contributed by atoms with van der Waals surface area (Å²) in [5.74, 6) is -21.6. The van der Waals surface area contributed by atoms with E-state index in [4.69, 9.17) is 23.2 Å². The first-order valence-electron chi connectivity index (χ1n) is 14.6. The molecular formula is C33H27Cl2F5N2O5. The van der Waals surface area contributed by atoms with Crippen molar-refractivity contribution in [2.75, 3.05) is 4.90 Å². The largest absolute Gasteiger partial charge is 0.507 e. The summed E-state index contributed by atoms with van der Waals surface area (Å²) in [6, 6.07) is 4.43. The Kier molecular flexibility index (Phi) is 7.49. The van der Waals surface area contributed by atoms with Gasteiger partial charge in [0.2, 0.25) is 17.6 Å². The Morgan fingerprint density at radius 1 is 0.936 bits per heavy atom. The lowest BCUT2D eigenvalue weighted by atomic mass is 9.56. The van der Waals surface area contributed by atoms with E-state index in [1.165, 1.54) is 18.2 Å². The molecule has 248 valence electrons. The minimum atomic E-state index is -2.72. The molecule has 47 heavy (non-hydrogen) atoms. The van der Waals surface area contributed by atoms with Gasteiger partial charge in [0.05, 0.1) is 11.8 Å². The summed E-state index contributed by atoms with van der Waals surface area (Å²) in [6.45, 7) is 8.64. The van der Waals surface area contributed by atoms with Crippen LogP contribution in [-0.4, -0.2) is 48.9 Å². The summed E-state index contributed by atoms with van der Waals surface area (Å²) < 4.78 is 73.1. The maximum Gasteiger partial charge on any atom is 0.258 e. The minimum absolute atomic E-state index is 0.00299. The molecule has 14 heteroatoms. The van der Waals surface area contributed by atoms with Crippen LogP contribution in [0.1, 0.15) is 50.7 Å². The van der Waals surface area contributed by atoms with Gasteiger partial charge in [-0.3, -0.25) is 24.1 Å². The number of aromatic hydroxyl groups is 1. The molecule has 0 aromatic heterocycles. The number of likely N-dealkylation sites (tertiary alicyclic amines) is 1. The molecule has 1 N–H and O–H groups in total. The van der Waals surface area contributed by atoms with Crippen LogP contribution in [0, 0.1) is 46.8 Å². The number of alkyl halides is 2. The zero-order chi connectivity index (χ0) is 34.7. The van der Waals surface area contributed by atoms with Crippen molar-refractivity contribution in [2.45, 2.75) is 61.2 Å².